The zero-order valence-corrected chi connectivity index (χ0v) is 11.6. The Bertz CT molecular complexity index is 501. The number of anilines is 1. The molecule has 1 atom stereocenters. The molecule has 1 unspecified atom stereocenters. The highest BCUT2D eigenvalue weighted by molar-refractivity contribution is 6.33. The lowest BCUT2D eigenvalue weighted by atomic mass is 9.79. The highest BCUT2D eigenvalue weighted by atomic mass is 35.5. The molecule has 1 saturated carbocycles. The number of pyridine rings is 1. The molecule has 0 radical (unpaired) electrons. The normalized spacial score (nSPS) is 23.4. The first-order valence-electron chi connectivity index (χ1n) is 6.89. The molecule has 2 N–H and O–H groups in total. The average molecular weight is 280 g/mol. The lowest BCUT2D eigenvalue weighted by Gasteiger charge is -2.37. The van der Waals surface area contributed by atoms with Crippen LogP contribution in [0.25, 0.3) is 0 Å². The summed E-state index contributed by atoms with van der Waals surface area (Å²) < 4.78 is 0. The highest BCUT2D eigenvalue weighted by Gasteiger charge is 2.36. The minimum Gasteiger partial charge on any atom is -0.366 e. The van der Waals surface area contributed by atoms with Gasteiger partial charge in [0.15, 0.2) is 0 Å². The van der Waals surface area contributed by atoms with Crippen molar-refractivity contribution in [1.29, 1.82) is 0 Å². The van der Waals surface area contributed by atoms with Crippen molar-refractivity contribution >= 4 is 23.3 Å². The molecule has 2 heterocycles. The molecule has 4 nitrogen and oxygen atoms in total. The van der Waals surface area contributed by atoms with E-state index < -0.39 is 5.91 Å². The molecule has 1 aliphatic heterocycles. The maximum atomic E-state index is 11.1. The standard InChI is InChI=1S/C14H18ClN3O/c15-11-7-10(13(16)19)8-17-14(11)18-6-2-5-12(18)9-3-1-4-9/h7-9,12H,1-6H2,(H2,16,19). The Kier molecular flexibility index (Phi) is 3.35. The van der Waals surface area contributed by atoms with Crippen molar-refractivity contribution < 1.29 is 4.79 Å². The number of hydrogen-bond acceptors (Lipinski definition) is 3. The molecule has 1 amide bonds. The molecule has 2 aliphatic rings. The first kappa shape index (κ1) is 12.7. The molecule has 102 valence electrons. The van der Waals surface area contributed by atoms with Gasteiger partial charge < -0.3 is 10.6 Å². The zero-order chi connectivity index (χ0) is 13.4. The van der Waals surface area contributed by atoms with Crippen LogP contribution in [0.4, 0.5) is 5.82 Å². The topological polar surface area (TPSA) is 59.2 Å². The second-order valence-corrected chi connectivity index (χ2v) is 5.89. The van der Waals surface area contributed by atoms with Crippen molar-refractivity contribution in [3.63, 3.8) is 0 Å². The summed E-state index contributed by atoms with van der Waals surface area (Å²) in [6.07, 6.45) is 7.92. The van der Waals surface area contributed by atoms with E-state index in [9.17, 15) is 4.79 Å². The van der Waals surface area contributed by atoms with E-state index in [1.165, 1.54) is 38.3 Å². The molecular weight excluding hydrogens is 262 g/mol. The molecule has 1 aliphatic carbocycles. The quantitative estimate of drug-likeness (QED) is 0.925. The summed E-state index contributed by atoms with van der Waals surface area (Å²) in [5.41, 5.74) is 5.61. The Balaban J connectivity index is 1.86. The zero-order valence-electron chi connectivity index (χ0n) is 10.8. The number of carbonyl (C=O) groups is 1. The van der Waals surface area contributed by atoms with Crippen LogP contribution in [0.15, 0.2) is 12.3 Å². The Labute approximate surface area is 117 Å². The van der Waals surface area contributed by atoms with Gasteiger partial charge in [0.1, 0.15) is 5.82 Å². The van der Waals surface area contributed by atoms with Crippen LogP contribution >= 0.6 is 11.6 Å². The number of aromatic nitrogens is 1. The minimum absolute atomic E-state index is 0.369. The molecule has 19 heavy (non-hydrogen) atoms. The number of nitrogens with two attached hydrogens (primary N) is 1. The van der Waals surface area contributed by atoms with Crippen molar-refractivity contribution in [2.75, 3.05) is 11.4 Å². The number of amides is 1. The lowest BCUT2D eigenvalue weighted by molar-refractivity contribution is 0.1000. The fraction of sp³-hybridized carbons (Fsp3) is 0.571. The molecule has 3 rings (SSSR count). The van der Waals surface area contributed by atoms with Crippen LogP contribution in [-0.2, 0) is 0 Å². The van der Waals surface area contributed by atoms with E-state index in [1.807, 2.05) is 0 Å². The third kappa shape index (κ3) is 2.29. The van der Waals surface area contributed by atoms with Gasteiger partial charge in [0, 0.05) is 18.8 Å². The van der Waals surface area contributed by atoms with Crippen LogP contribution in [0.1, 0.15) is 42.5 Å². The Morgan fingerprint density at radius 1 is 1.37 bits per heavy atom. The molecule has 2 fully saturated rings. The smallest absolute Gasteiger partial charge is 0.250 e. The Morgan fingerprint density at radius 3 is 2.74 bits per heavy atom. The molecule has 1 saturated heterocycles. The van der Waals surface area contributed by atoms with Crippen LogP contribution in [0.2, 0.25) is 5.02 Å². The largest absolute Gasteiger partial charge is 0.366 e. The molecule has 5 heteroatoms. The van der Waals surface area contributed by atoms with Gasteiger partial charge in [0.2, 0.25) is 5.91 Å². The second-order valence-electron chi connectivity index (χ2n) is 5.49. The molecule has 0 spiro atoms. The van der Waals surface area contributed by atoms with Crippen LogP contribution in [0, 0.1) is 5.92 Å². The summed E-state index contributed by atoms with van der Waals surface area (Å²) in [6.45, 7) is 1.00. The van der Waals surface area contributed by atoms with Gasteiger partial charge in [-0.15, -0.1) is 0 Å². The third-order valence-electron chi connectivity index (χ3n) is 4.37. The van der Waals surface area contributed by atoms with E-state index in [-0.39, 0.29) is 0 Å². The summed E-state index contributed by atoms with van der Waals surface area (Å²) >= 11 is 6.27. The summed E-state index contributed by atoms with van der Waals surface area (Å²) in [5, 5.41) is 0.530. The molecular formula is C14H18ClN3O. The predicted octanol–water partition coefficient (Wildman–Crippen LogP) is 2.60. The van der Waals surface area contributed by atoms with E-state index in [2.05, 4.69) is 9.88 Å². The second kappa shape index (κ2) is 5.00. The predicted molar refractivity (Wildman–Crippen MR) is 75.5 cm³/mol. The first-order valence-corrected chi connectivity index (χ1v) is 7.26. The van der Waals surface area contributed by atoms with Gasteiger partial charge in [-0.25, -0.2) is 4.98 Å². The Hall–Kier alpha value is -1.29. The van der Waals surface area contributed by atoms with Gasteiger partial charge >= 0.3 is 0 Å². The van der Waals surface area contributed by atoms with E-state index in [0.717, 1.165) is 18.3 Å². The number of carbonyl (C=O) groups excluding carboxylic acids is 1. The van der Waals surface area contributed by atoms with Gasteiger partial charge in [-0.05, 0) is 37.7 Å². The summed E-state index contributed by atoms with van der Waals surface area (Å²) in [4.78, 5) is 17.8. The maximum Gasteiger partial charge on any atom is 0.250 e. The first-order chi connectivity index (χ1) is 9.16. The van der Waals surface area contributed by atoms with E-state index in [0.29, 0.717) is 16.6 Å². The Morgan fingerprint density at radius 2 is 2.16 bits per heavy atom. The lowest BCUT2D eigenvalue weighted by Crippen LogP contribution is -2.39. The third-order valence-corrected chi connectivity index (χ3v) is 4.65. The van der Waals surface area contributed by atoms with Gasteiger partial charge in [0.05, 0.1) is 10.6 Å². The van der Waals surface area contributed by atoms with Crippen LogP contribution in [-0.4, -0.2) is 23.5 Å². The fourth-order valence-electron chi connectivity index (χ4n) is 3.15. The maximum absolute atomic E-state index is 11.1. The number of primary amides is 1. The van der Waals surface area contributed by atoms with Crippen molar-refractivity contribution in [3.8, 4) is 0 Å². The van der Waals surface area contributed by atoms with E-state index >= 15 is 0 Å². The number of hydrogen-bond donors (Lipinski definition) is 1. The molecule has 0 bridgehead atoms. The summed E-state index contributed by atoms with van der Waals surface area (Å²) in [6, 6.07) is 2.20. The number of rotatable bonds is 3. The van der Waals surface area contributed by atoms with E-state index in [1.54, 1.807) is 6.07 Å². The van der Waals surface area contributed by atoms with Crippen LogP contribution < -0.4 is 10.6 Å². The molecule has 0 aromatic carbocycles. The summed E-state index contributed by atoms with van der Waals surface area (Å²) in [7, 11) is 0. The number of halogens is 1. The molecule has 1 aromatic heterocycles. The van der Waals surface area contributed by atoms with Crippen molar-refractivity contribution in [2.45, 2.75) is 38.1 Å². The number of nitrogens with zero attached hydrogens (tertiary/aromatic N) is 2. The van der Waals surface area contributed by atoms with Crippen LogP contribution in [0.3, 0.4) is 0 Å². The SMILES string of the molecule is NC(=O)c1cnc(N2CCCC2C2CCC2)c(Cl)c1. The van der Waals surface area contributed by atoms with Crippen LogP contribution in [0.5, 0.6) is 0 Å². The fourth-order valence-corrected chi connectivity index (χ4v) is 3.42. The summed E-state index contributed by atoms with van der Waals surface area (Å²) in [5.74, 6) is 1.11. The average Bonchev–Trinajstić information content (AvgIpc) is 2.75. The van der Waals surface area contributed by atoms with Gasteiger partial charge in [-0.1, -0.05) is 18.0 Å². The highest BCUT2D eigenvalue weighted by Crippen LogP contribution is 2.40. The monoisotopic (exact) mass is 279 g/mol. The molecule has 1 aromatic rings. The van der Waals surface area contributed by atoms with Crippen molar-refractivity contribution in [1.82, 2.24) is 4.98 Å². The van der Waals surface area contributed by atoms with Crippen molar-refractivity contribution in [2.24, 2.45) is 11.7 Å². The minimum atomic E-state index is -0.488. The van der Waals surface area contributed by atoms with Gasteiger partial charge in [0.25, 0.3) is 0 Å². The van der Waals surface area contributed by atoms with Gasteiger partial charge in [-0.2, -0.15) is 0 Å². The van der Waals surface area contributed by atoms with Crippen molar-refractivity contribution in [3.05, 3.63) is 22.8 Å². The van der Waals surface area contributed by atoms with E-state index in [4.69, 9.17) is 17.3 Å². The van der Waals surface area contributed by atoms with Gasteiger partial charge in [-0.3, -0.25) is 4.79 Å².